The summed E-state index contributed by atoms with van der Waals surface area (Å²) in [6, 6.07) is 7.77. The molecule has 1 aromatic carbocycles. The Bertz CT molecular complexity index is 891. The highest BCUT2D eigenvalue weighted by Crippen LogP contribution is 2.42. The number of aliphatic imine (C=N–C) groups is 1. The fraction of sp³-hybridized carbons (Fsp3) is 0.560. The normalized spacial score (nSPS) is 21.8. The maximum absolute atomic E-state index is 12.6. The lowest BCUT2D eigenvalue weighted by Gasteiger charge is -2.39. The van der Waals surface area contributed by atoms with Gasteiger partial charge < -0.3 is 15.6 Å². The van der Waals surface area contributed by atoms with Gasteiger partial charge in [-0.1, -0.05) is 43.7 Å². The molecule has 2 rings (SSSR count). The number of benzene rings is 1. The number of carboxylic acids is 1. The zero-order chi connectivity index (χ0) is 23.6. The van der Waals surface area contributed by atoms with Crippen molar-refractivity contribution in [2.45, 2.75) is 60.4 Å². The van der Waals surface area contributed by atoms with E-state index in [2.05, 4.69) is 13.8 Å². The van der Waals surface area contributed by atoms with Crippen LogP contribution in [0.1, 0.15) is 59.1 Å². The van der Waals surface area contributed by atoms with Crippen molar-refractivity contribution in [3.05, 3.63) is 41.0 Å². The van der Waals surface area contributed by atoms with E-state index in [9.17, 15) is 14.7 Å². The van der Waals surface area contributed by atoms with E-state index in [-0.39, 0.29) is 19.1 Å². The Balaban J connectivity index is 2.66. The van der Waals surface area contributed by atoms with E-state index in [1.165, 1.54) is 0 Å². The van der Waals surface area contributed by atoms with Crippen molar-refractivity contribution in [2.24, 2.45) is 28.0 Å². The van der Waals surface area contributed by atoms with Gasteiger partial charge in [0.2, 0.25) is 0 Å². The Labute approximate surface area is 185 Å². The van der Waals surface area contributed by atoms with Crippen molar-refractivity contribution in [2.75, 3.05) is 13.2 Å². The maximum Gasteiger partial charge on any atom is 0.313 e. The van der Waals surface area contributed by atoms with Crippen LogP contribution < -0.4 is 5.73 Å². The van der Waals surface area contributed by atoms with Crippen molar-refractivity contribution in [1.82, 2.24) is 0 Å². The van der Waals surface area contributed by atoms with Gasteiger partial charge in [-0.2, -0.15) is 0 Å². The number of aryl methyl sites for hydroxylation is 1. The number of hydrogen-bond donors (Lipinski definition) is 2. The van der Waals surface area contributed by atoms with Crippen molar-refractivity contribution in [1.29, 1.82) is 0 Å². The van der Waals surface area contributed by atoms with E-state index in [0.717, 1.165) is 22.4 Å². The molecule has 6 heteroatoms. The van der Waals surface area contributed by atoms with E-state index in [4.69, 9.17) is 15.5 Å². The number of esters is 1. The second kappa shape index (κ2) is 9.35. The van der Waals surface area contributed by atoms with E-state index in [1.807, 2.05) is 31.2 Å². The minimum Gasteiger partial charge on any atom is -0.481 e. The molecule has 2 unspecified atom stereocenters. The lowest BCUT2D eigenvalue weighted by molar-refractivity contribution is -0.157. The second-order valence-electron chi connectivity index (χ2n) is 10.1. The van der Waals surface area contributed by atoms with Crippen LogP contribution in [0, 0.1) is 24.2 Å². The third-order valence-electron chi connectivity index (χ3n) is 5.50. The first kappa shape index (κ1) is 24.8. The monoisotopic (exact) mass is 428 g/mol. The number of hydrogen-bond acceptors (Lipinski definition) is 5. The number of carboxylic acid groups (broad SMARTS) is 1. The summed E-state index contributed by atoms with van der Waals surface area (Å²) in [5.41, 5.74) is 8.42. The van der Waals surface area contributed by atoms with Gasteiger partial charge in [-0.25, -0.2) is 0 Å². The predicted octanol–water partition coefficient (Wildman–Crippen LogP) is 4.26. The number of carbonyl (C=O) groups is 2. The fourth-order valence-electron chi connectivity index (χ4n) is 3.87. The van der Waals surface area contributed by atoms with E-state index < -0.39 is 22.8 Å². The van der Waals surface area contributed by atoms with Crippen molar-refractivity contribution >= 4 is 23.2 Å². The van der Waals surface area contributed by atoms with Gasteiger partial charge in [-0.05, 0) is 63.7 Å². The van der Waals surface area contributed by atoms with Gasteiger partial charge in [0.15, 0.2) is 0 Å². The Morgan fingerprint density at radius 1 is 1.23 bits per heavy atom. The second-order valence-corrected chi connectivity index (χ2v) is 10.1. The molecule has 0 saturated heterocycles. The fourth-order valence-corrected chi connectivity index (χ4v) is 3.87. The van der Waals surface area contributed by atoms with E-state index >= 15 is 0 Å². The number of nitrogens with zero attached hydrogens (tertiary/aromatic N) is 1. The molecule has 2 atom stereocenters. The summed E-state index contributed by atoms with van der Waals surface area (Å²) in [5, 5.41) is 10.3. The van der Waals surface area contributed by atoms with Crippen LogP contribution in [0.5, 0.6) is 0 Å². The van der Waals surface area contributed by atoms with Crippen LogP contribution in [0.3, 0.4) is 0 Å². The molecule has 6 nitrogen and oxygen atoms in total. The quantitative estimate of drug-likeness (QED) is 0.632. The zero-order valence-electron chi connectivity index (χ0n) is 19.8. The maximum atomic E-state index is 12.6. The molecule has 0 spiro atoms. The highest BCUT2D eigenvalue weighted by molar-refractivity contribution is 6.11. The first-order valence-electron chi connectivity index (χ1n) is 10.8. The summed E-state index contributed by atoms with van der Waals surface area (Å²) in [6.45, 7) is 13.3. The highest BCUT2D eigenvalue weighted by atomic mass is 16.5. The summed E-state index contributed by atoms with van der Waals surface area (Å²) in [7, 11) is 0. The van der Waals surface area contributed by atoms with Crippen LogP contribution in [0.15, 0.2) is 34.8 Å². The van der Waals surface area contributed by atoms with Gasteiger partial charge in [0, 0.05) is 12.3 Å². The molecule has 170 valence electrons. The molecule has 1 aliphatic heterocycles. The minimum absolute atomic E-state index is 0.116. The number of carbonyl (C=O) groups excluding carboxylic acids is 1. The van der Waals surface area contributed by atoms with Crippen molar-refractivity contribution in [3.63, 3.8) is 0 Å². The van der Waals surface area contributed by atoms with Crippen molar-refractivity contribution in [3.8, 4) is 0 Å². The Morgan fingerprint density at radius 2 is 1.81 bits per heavy atom. The van der Waals surface area contributed by atoms with Crippen LogP contribution in [-0.4, -0.2) is 41.4 Å². The lowest BCUT2D eigenvalue weighted by Crippen LogP contribution is -2.48. The molecular formula is C25H36N2O4. The summed E-state index contributed by atoms with van der Waals surface area (Å²) in [6.07, 6.45) is 0.664. The first-order valence-corrected chi connectivity index (χ1v) is 10.8. The number of nitrogens with two attached hydrogens (primary N) is 1. The van der Waals surface area contributed by atoms with Crippen LogP contribution in [0.25, 0.3) is 5.57 Å². The Hall–Kier alpha value is -2.47. The zero-order valence-corrected chi connectivity index (χ0v) is 19.8. The summed E-state index contributed by atoms with van der Waals surface area (Å²) in [4.78, 5) is 29.9. The molecular weight excluding hydrogens is 392 g/mol. The van der Waals surface area contributed by atoms with Gasteiger partial charge in [0.25, 0.3) is 0 Å². The van der Waals surface area contributed by atoms with E-state index in [0.29, 0.717) is 17.9 Å². The molecule has 0 aliphatic carbocycles. The van der Waals surface area contributed by atoms with Gasteiger partial charge in [0.05, 0.1) is 5.41 Å². The molecule has 0 bridgehead atoms. The van der Waals surface area contributed by atoms with Crippen LogP contribution in [0.4, 0.5) is 0 Å². The SMILES string of the molecule is Cc1ccc(C2=C(CN)C(CC(C)C)=NC(C)(COC(=O)C(C)(C)C)C2C(=O)O)cc1. The molecule has 1 heterocycles. The number of dihydropyridines is 1. The smallest absolute Gasteiger partial charge is 0.313 e. The van der Waals surface area contributed by atoms with Gasteiger partial charge in [-0.3, -0.25) is 14.6 Å². The molecule has 1 aromatic rings. The average molecular weight is 429 g/mol. The molecule has 31 heavy (non-hydrogen) atoms. The number of aliphatic carboxylic acids is 1. The largest absolute Gasteiger partial charge is 0.481 e. The third-order valence-corrected chi connectivity index (χ3v) is 5.50. The molecule has 0 saturated carbocycles. The van der Waals surface area contributed by atoms with Crippen LogP contribution >= 0.6 is 0 Å². The third kappa shape index (κ3) is 5.62. The molecule has 0 fully saturated rings. The first-order chi connectivity index (χ1) is 14.3. The minimum atomic E-state index is -1.14. The van der Waals surface area contributed by atoms with Gasteiger partial charge in [0.1, 0.15) is 18.1 Å². The van der Waals surface area contributed by atoms with Crippen molar-refractivity contribution < 1.29 is 19.4 Å². The Morgan fingerprint density at radius 3 is 2.26 bits per heavy atom. The topological polar surface area (TPSA) is 102 Å². The number of ether oxygens (including phenoxy) is 1. The summed E-state index contributed by atoms with van der Waals surface area (Å²) >= 11 is 0. The van der Waals surface area contributed by atoms with Crippen LogP contribution in [0.2, 0.25) is 0 Å². The average Bonchev–Trinajstić information content (AvgIpc) is 2.64. The Kier molecular flexibility index (Phi) is 7.48. The summed E-state index contributed by atoms with van der Waals surface area (Å²) in [5.74, 6) is -2.08. The summed E-state index contributed by atoms with van der Waals surface area (Å²) < 4.78 is 5.59. The molecule has 3 N–H and O–H groups in total. The van der Waals surface area contributed by atoms with E-state index in [1.54, 1.807) is 27.7 Å². The molecule has 0 aromatic heterocycles. The predicted molar refractivity (Wildman–Crippen MR) is 124 cm³/mol. The van der Waals surface area contributed by atoms with Crippen LogP contribution in [-0.2, 0) is 14.3 Å². The standard InChI is InChI=1S/C25H36N2O4/c1-15(2)12-19-18(13-26)20(17-10-8-16(3)9-11-17)21(22(28)29)25(7,27-19)14-31-23(30)24(4,5)6/h8-11,15,21H,12-14,26H2,1-7H3,(H,28,29). The van der Waals surface area contributed by atoms with Gasteiger partial charge in [-0.15, -0.1) is 0 Å². The molecule has 0 amide bonds. The lowest BCUT2D eigenvalue weighted by atomic mass is 9.72. The number of rotatable bonds is 7. The van der Waals surface area contributed by atoms with Gasteiger partial charge >= 0.3 is 11.9 Å². The molecule has 1 aliphatic rings. The molecule has 0 radical (unpaired) electrons. The highest BCUT2D eigenvalue weighted by Gasteiger charge is 2.48.